The molecule has 0 atom stereocenters. The van der Waals surface area contributed by atoms with E-state index in [9.17, 15) is 4.79 Å². The molecule has 0 saturated carbocycles. The molecule has 1 aromatic rings. The monoisotopic (exact) mass is 277 g/mol. The number of rotatable bonds is 7. The molecule has 3 nitrogen and oxygen atoms in total. The van der Waals surface area contributed by atoms with Crippen LogP contribution in [0.4, 0.5) is 0 Å². The van der Waals surface area contributed by atoms with Crippen molar-refractivity contribution in [2.45, 2.75) is 59.1 Å². The molecule has 112 valence electrons. The van der Waals surface area contributed by atoms with E-state index in [1.165, 1.54) is 11.1 Å². The average molecular weight is 277 g/mol. The summed E-state index contributed by atoms with van der Waals surface area (Å²) in [5, 5.41) is 3.37. The lowest BCUT2D eigenvalue weighted by atomic mass is 10.1. The van der Waals surface area contributed by atoms with E-state index in [1.54, 1.807) is 0 Å². The maximum atomic E-state index is 11.6. The molecule has 0 spiro atoms. The second-order valence-corrected chi connectivity index (χ2v) is 6.08. The van der Waals surface area contributed by atoms with Gasteiger partial charge in [0.1, 0.15) is 5.60 Å². The number of nitrogens with one attached hydrogen (secondary N) is 1. The van der Waals surface area contributed by atoms with Crippen molar-refractivity contribution in [3.05, 3.63) is 35.4 Å². The molecule has 0 aliphatic heterocycles. The number of benzene rings is 1. The minimum Gasteiger partial charge on any atom is -0.460 e. The minimum absolute atomic E-state index is 0.133. The van der Waals surface area contributed by atoms with Crippen LogP contribution in [0.3, 0.4) is 0 Å². The summed E-state index contributed by atoms with van der Waals surface area (Å²) in [4.78, 5) is 11.6. The van der Waals surface area contributed by atoms with Crippen LogP contribution in [0, 0.1) is 0 Å². The maximum absolute atomic E-state index is 11.6. The van der Waals surface area contributed by atoms with Crippen molar-refractivity contribution in [3.63, 3.8) is 0 Å². The van der Waals surface area contributed by atoms with Crippen LogP contribution in [0.5, 0.6) is 0 Å². The molecule has 0 saturated heterocycles. The van der Waals surface area contributed by atoms with Gasteiger partial charge >= 0.3 is 5.97 Å². The van der Waals surface area contributed by atoms with Gasteiger partial charge in [-0.05, 0) is 51.3 Å². The smallest absolute Gasteiger partial charge is 0.306 e. The summed E-state index contributed by atoms with van der Waals surface area (Å²) in [5.41, 5.74) is 2.06. The molecule has 0 heterocycles. The Morgan fingerprint density at radius 3 is 2.30 bits per heavy atom. The highest BCUT2D eigenvalue weighted by Gasteiger charge is 2.15. The molecule has 1 rings (SSSR count). The Bertz CT molecular complexity index is 404. The largest absolute Gasteiger partial charge is 0.460 e. The summed E-state index contributed by atoms with van der Waals surface area (Å²) < 4.78 is 5.30. The number of hydrogen-bond acceptors (Lipinski definition) is 3. The lowest BCUT2D eigenvalue weighted by molar-refractivity contribution is -0.154. The van der Waals surface area contributed by atoms with Gasteiger partial charge in [-0.15, -0.1) is 0 Å². The topological polar surface area (TPSA) is 38.3 Å². The Kier molecular flexibility index (Phi) is 6.73. The van der Waals surface area contributed by atoms with Crippen molar-refractivity contribution in [1.29, 1.82) is 0 Å². The van der Waals surface area contributed by atoms with Gasteiger partial charge in [0.2, 0.25) is 0 Å². The highest BCUT2D eigenvalue weighted by Crippen LogP contribution is 2.11. The Morgan fingerprint density at radius 2 is 1.75 bits per heavy atom. The van der Waals surface area contributed by atoms with Gasteiger partial charge in [-0.25, -0.2) is 0 Å². The first kappa shape index (κ1) is 16.7. The molecule has 20 heavy (non-hydrogen) atoms. The molecule has 0 aliphatic carbocycles. The third-order valence-electron chi connectivity index (χ3n) is 2.82. The van der Waals surface area contributed by atoms with Gasteiger partial charge in [0.05, 0.1) is 0 Å². The summed E-state index contributed by atoms with van der Waals surface area (Å²) in [7, 11) is 0. The Morgan fingerprint density at radius 1 is 1.15 bits per heavy atom. The van der Waals surface area contributed by atoms with Crippen molar-refractivity contribution in [3.8, 4) is 0 Å². The zero-order valence-corrected chi connectivity index (χ0v) is 13.2. The molecule has 0 amide bonds. The van der Waals surface area contributed by atoms with Crippen LogP contribution < -0.4 is 5.32 Å². The quantitative estimate of drug-likeness (QED) is 0.612. The van der Waals surface area contributed by atoms with E-state index in [4.69, 9.17) is 4.74 Å². The first-order valence-corrected chi connectivity index (χ1v) is 7.41. The second kappa shape index (κ2) is 8.05. The van der Waals surface area contributed by atoms with Crippen LogP contribution in [0.25, 0.3) is 0 Å². The van der Waals surface area contributed by atoms with E-state index in [0.717, 1.165) is 25.9 Å². The fraction of sp³-hybridized carbons (Fsp3) is 0.588. The third kappa shape index (κ3) is 7.29. The van der Waals surface area contributed by atoms with Gasteiger partial charge < -0.3 is 10.1 Å². The van der Waals surface area contributed by atoms with Crippen LogP contribution in [0.1, 0.15) is 51.7 Å². The van der Waals surface area contributed by atoms with Gasteiger partial charge in [0, 0.05) is 13.0 Å². The van der Waals surface area contributed by atoms with Crippen molar-refractivity contribution in [2.75, 3.05) is 6.54 Å². The number of hydrogen-bond donors (Lipinski definition) is 1. The Hall–Kier alpha value is -1.35. The zero-order valence-electron chi connectivity index (χ0n) is 13.2. The second-order valence-electron chi connectivity index (χ2n) is 6.08. The lowest BCUT2D eigenvalue weighted by Gasteiger charge is -2.19. The van der Waals surface area contributed by atoms with E-state index in [2.05, 4.69) is 36.5 Å². The van der Waals surface area contributed by atoms with E-state index in [1.807, 2.05) is 20.8 Å². The number of esters is 1. The number of carbonyl (C=O) groups is 1. The lowest BCUT2D eigenvalue weighted by Crippen LogP contribution is -2.24. The molecular weight excluding hydrogens is 250 g/mol. The van der Waals surface area contributed by atoms with E-state index < -0.39 is 5.60 Å². The molecular formula is C17H27NO2. The molecule has 0 aromatic heterocycles. The maximum Gasteiger partial charge on any atom is 0.306 e. The Labute approximate surface area is 122 Å². The van der Waals surface area contributed by atoms with Crippen molar-refractivity contribution < 1.29 is 9.53 Å². The predicted octanol–water partition coefficient (Wildman–Crippen LogP) is 3.46. The van der Waals surface area contributed by atoms with Crippen LogP contribution in [0.15, 0.2) is 24.3 Å². The normalized spacial score (nSPS) is 11.4. The van der Waals surface area contributed by atoms with Crippen molar-refractivity contribution in [1.82, 2.24) is 5.32 Å². The summed E-state index contributed by atoms with van der Waals surface area (Å²) in [5.74, 6) is -0.133. The first-order chi connectivity index (χ1) is 9.40. The fourth-order valence-electron chi connectivity index (χ4n) is 1.87. The highest BCUT2D eigenvalue weighted by molar-refractivity contribution is 5.70. The van der Waals surface area contributed by atoms with Crippen LogP contribution >= 0.6 is 0 Å². The summed E-state index contributed by atoms with van der Waals surface area (Å²) >= 11 is 0. The molecule has 0 unspecified atom stereocenters. The molecule has 0 radical (unpaired) electrons. The van der Waals surface area contributed by atoms with E-state index in [0.29, 0.717) is 6.42 Å². The summed E-state index contributed by atoms with van der Waals surface area (Å²) in [6.45, 7) is 9.78. The van der Waals surface area contributed by atoms with Gasteiger partial charge in [-0.3, -0.25) is 4.79 Å². The molecule has 0 bridgehead atoms. The predicted molar refractivity (Wildman–Crippen MR) is 82.6 cm³/mol. The van der Waals surface area contributed by atoms with Gasteiger partial charge in [-0.1, -0.05) is 31.2 Å². The zero-order chi connectivity index (χ0) is 15.0. The van der Waals surface area contributed by atoms with Crippen LogP contribution in [0.2, 0.25) is 0 Å². The first-order valence-electron chi connectivity index (χ1n) is 7.41. The number of carbonyl (C=O) groups excluding carboxylic acids is 1. The fourth-order valence-corrected chi connectivity index (χ4v) is 1.87. The third-order valence-corrected chi connectivity index (χ3v) is 2.82. The van der Waals surface area contributed by atoms with Gasteiger partial charge in [0.15, 0.2) is 0 Å². The van der Waals surface area contributed by atoms with E-state index >= 15 is 0 Å². The Balaban J connectivity index is 2.36. The van der Waals surface area contributed by atoms with Crippen LogP contribution in [-0.2, 0) is 22.5 Å². The summed E-state index contributed by atoms with van der Waals surface area (Å²) in [6, 6.07) is 8.42. The van der Waals surface area contributed by atoms with Crippen molar-refractivity contribution in [2.24, 2.45) is 0 Å². The van der Waals surface area contributed by atoms with Gasteiger partial charge in [0.25, 0.3) is 0 Å². The minimum atomic E-state index is -0.397. The standard InChI is InChI=1S/C17H27NO2/c1-5-12-18-13-15-8-6-14(7-9-15)10-11-16(19)20-17(2,3)4/h6-9,18H,5,10-13H2,1-4H3. The average Bonchev–Trinajstić information content (AvgIpc) is 2.36. The highest BCUT2D eigenvalue weighted by atomic mass is 16.6. The number of aryl methyl sites for hydroxylation is 1. The molecule has 3 heteroatoms. The number of ether oxygens (including phenoxy) is 1. The van der Waals surface area contributed by atoms with E-state index in [-0.39, 0.29) is 5.97 Å². The molecule has 1 aromatic carbocycles. The molecule has 1 N–H and O–H groups in total. The molecule has 0 aliphatic rings. The van der Waals surface area contributed by atoms with Crippen molar-refractivity contribution >= 4 is 5.97 Å². The van der Waals surface area contributed by atoms with Gasteiger partial charge in [-0.2, -0.15) is 0 Å². The SMILES string of the molecule is CCCNCc1ccc(CCC(=O)OC(C)(C)C)cc1. The van der Waals surface area contributed by atoms with Crippen LogP contribution in [-0.4, -0.2) is 18.1 Å². The summed E-state index contributed by atoms with van der Waals surface area (Å²) in [6.07, 6.45) is 2.32. The molecule has 0 fully saturated rings.